The number of allylic oxidation sites excluding steroid dienone is 2. The van der Waals surface area contributed by atoms with Crippen molar-refractivity contribution in [2.45, 2.75) is 39.5 Å². The molecule has 0 heterocycles. The van der Waals surface area contributed by atoms with Crippen LogP contribution in [0.1, 0.15) is 39.5 Å². The first-order chi connectivity index (χ1) is 7.12. The fourth-order valence-electron chi connectivity index (χ4n) is 4.55. The van der Waals surface area contributed by atoms with E-state index in [1.165, 1.54) is 32.0 Å². The second-order valence-electron chi connectivity index (χ2n) is 6.20. The van der Waals surface area contributed by atoms with Crippen molar-refractivity contribution in [2.24, 2.45) is 28.6 Å². The van der Waals surface area contributed by atoms with Gasteiger partial charge in [0.25, 0.3) is 0 Å². The van der Waals surface area contributed by atoms with E-state index in [4.69, 9.17) is 0 Å². The smallest absolute Gasteiger partial charge is 0.124 e. The van der Waals surface area contributed by atoms with Gasteiger partial charge in [-0.2, -0.15) is 0 Å². The van der Waals surface area contributed by atoms with Gasteiger partial charge < -0.3 is 4.79 Å². The molecular formula is C14H20O. The second kappa shape index (κ2) is 2.75. The van der Waals surface area contributed by atoms with Gasteiger partial charge in [0.2, 0.25) is 0 Å². The van der Waals surface area contributed by atoms with Gasteiger partial charge in [0, 0.05) is 5.92 Å². The summed E-state index contributed by atoms with van der Waals surface area (Å²) in [5.74, 6) is 1.72. The van der Waals surface area contributed by atoms with E-state index in [-0.39, 0.29) is 5.41 Å². The number of carbonyl (C=O) groups excluding carboxylic acids is 1. The van der Waals surface area contributed by atoms with Crippen LogP contribution in [0.15, 0.2) is 12.2 Å². The highest BCUT2D eigenvalue weighted by molar-refractivity contribution is 5.59. The molecule has 0 amide bonds. The Balaban J connectivity index is 2.11. The molecule has 5 atom stereocenters. The van der Waals surface area contributed by atoms with Crippen molar-refractivity contribution < 1.29 is 4.79 Å². The molecule has 2 saturated carbocycles. The Bertz CT molecular complexity index is 332. The molecule has 0 N–H and O–H groups in total. The maximum Gasteiger partial charge on any atom is 0.124 e. The molecule has 0 aromatic carbocycles. The molecule has 1 spiro atoms. The SMILES string of the molecule is C[C@@H]1CC[C@@H]2[C@H](C=O)[C@@]3(C)C=C[C@@]12CC3. The Morgan fingerprint density at radius 2 is 2.07 bits per heavy atom. The lowest BCUT2D eigenvalue weighted by Gasteiger charge is -2.55. The van der Waals surface area contributed by atoms with Crippen LogP contribution >= 0.6 is 0 Å². The Kier molecular flexibility index (Phi) is 1.76. The van der Waals surface area contributed by atoms with Crippen LogP contribution in [-0.2, 0) is 4.79 Å². The summed E-state index contributed by atoms with van der Waals surface area (Å²) in [5, 5.41) is 0. The predicted octanol–water partition coefficient (Wildman–Crippen LogP) is 3.20. The molecular weight excluding hydrogens is 184 g/mol. The zero-order valence-corrected chi connectivity index (χ0v) is 9.70. The minimum absolute atomic E-state index is 0.179. The van der Waals surface area contributed by atoms with Crippen molar-refractivity contribution >= 4 is 6.29 Å². The summed E-state index contributed by atoms with van der Waals surface area (Å²) >= 11 is 0. The highest BCUT2D eigenvalue weighted by Crippen LogP contribution is 2.66. The van der Waals surface area contributed by atoms with E-state index in [9.17, 15) is 4.79 Å². The quantitative estimate of drug-likeness (QED) is 0.473. The molecule has 0 saturated heterocycles. The maximum atomic E-state index is 11.4. The first kappa shape index (κ1) is 9.62. The van der Waals surface area contributed by atoms with Crippen LogP contribution in [0.3, 0.4) is 0 Å². The fraction of sp³-hybridized carbons (Fsp3) is 0.786. The average Bonchev–Trinajstić information content (AvgIpc) is 2.56. The van der Waals surface area contributed by atoms with Crippen LogP contribution in [0, 0.1) is 28.6 Å². The summed E-state index contributed by atoms with van der Waals surface area (Å²) in [6.07, 6.45) is 11.2. The third-order valence-corrected chi connectivity index (χ3v) is 5.73. The van der Waals surface area contributed by atoms with E-state index < -0.39 is 0 Å². The van der Waals surface area contributed by atoms with Crippen LogP contribution in [0.5, 0.6) is 0 Å². The highest BCUT2D eigenvalue weighted by atomic mass is 16.1. The van der Waals surface area contributed by atoms with Crippen LogP contribution in [0.25, 0.3) is 0 Å². The Morgan fingerprint density at radius 1 is 1.27 bits per heavy atom. The minimum atomic E-state index is 0.179. The summed E-state index contributed by atoms with van der Waals surface area (Å²) in [5.41, 5.74) is 0.571. The molecule has 1 nitrogen and oxygen atoms in total. The molecule has 0 aromatic heterocycles. The summed E-state index contributed by atoms with van der Waals surface area (Å²) in [6.45, 7) is 4.65. The van der Waals surface area contributed by atoms with E-state index in [2.05, 4.69) is 26.0 Å². The standard InChI is InChI=1S/C14H20O/c1-10-3-4-11-12(9-15)13(2)5-7-14(10,11)8-6-13/h5,7,9-12H,3-4,6,8H2,1-2H3/t10-,11-,12+,13+,14-/m1/s1. The molecule has 0 aliphatic heterocycles. The van der Waals surface area contributed by atoms with Gasteiger partial charge in [-0.05, 0) is 48.3 Å². The molecule has 2 bridgehead atoms. The van der Waals surface area contributed by atoms with Gasteiger partial charge >= 0.3 is 0 Å². The monoisotopic (exact) mass is 204 g/mol. The average molecular weight is 204 g/mol. The number of fused-ring (bicyclic) bond motifs is 1. The second-order valence-corrected chi connectivity index (χ2v) is 6.20. The summed E-state index contributed by atoms with van der Waals surface area (Å²) in [4.78, 5) is 11.4. The van der Waals surface area contributed by atoms with Gasteiger partial charge in [0.05, 0.1) is 0 Å². The zero-order valence-electron chi connectivity index (χ0n) is 9.70. The predicted molar refractivity (Wildman–Crippen MR) is 60.4 cm³/mol. The van der Waals surface area contributed by atoms with Crippen molar-refractivity contribution in [2.75, 3.05) is 0 Å². The number of hydrogen-bond donors (Lipinski definition) is 0. The topological polar surface area (TPSA) is 17.1 Å². The zero-order chi connectivity index (χ0) is 10.7. The molecule has 4 aliphatic rings. The van der Waals surface area contributed by atoms with E-state index in [1.807, 2.05) is 0 Å². The number of carbonyl (C=O) groups is 1. The lowest BCUT2D eigenvalue weighted by Crippen LogP contribution is -2.50. The molecule has 0 radical (unpaired) electrons. The van der Waals surface area contributed by atoms with Gasteiger partial charge in [0.15, 0.2) is 0 Å². The molecule has 0 aromatic rings. The first-order valence-corrected chi connectivity index (χ1v) is 6.28. The van der Waals surface area contributed by atoms with Gasteiger partial charge in [-0.1, -0.05) is 26.0 Å². The molecule has 0 unspecified atom stereocenters. The summed E-state index contributed by atoms with van der Waals surface area (Å²) < 4.78 is 0. The third-order valence-electron chi connectivity index (χ3n) is 5.73. The molecule has 2 fully saturated rings. The van der Waals surface area contributed by atoms with Gasteiger partial charge in [-0.15, -0.1) is 0 Å². The fourth-order valence-corrected chi connectivity index (χ4v) is 4.55. The Labute approximate surface area is 91.9 Å². The highest BCUT2D eigenvalue weighted by Gasteiger charge is 2.59. The largest absolute Gasteiger partial charge is 0.303 e. The van der Waals surface area contributed by atoms with Gasteiger partial charge in [-0.25, -0.2) is 0 Å². The lowest BCUT2D eigenvalue weighted by atomic mass is 9.48. The van der Waals surface area contributed by atoms with Crippen LogP contribution < -0.4 is 0 Å². The Hall–Kier alpha value is -0.590. The molecule has 4 aliphatic carbocycles. The lowest BCUT2D eigenvalue weighted by molar-refractivity contribution is -0.122. The Morgan fingerprint density at radius 3 is 2.67 bits per heavy atom. The number of hydrogen-bond acceptors (Lipinski definition) is 1. The maximum absolute atomic E-state index is 11.4. The molecule has 15 heavy (non-hydrogen) atoms. The van der Waals surface area contributed by atoms with E-state index in [1.54, 1.807) is 0 Å². The molecule has 1 heteroatoms. The van der Waals surface area contributed by atoms with Crippen molar-refractivity contribution in [1.82, 2.24) is 0 Å². The number of aldehydes is 1. The first-order valence-electron chi connectivity index (χ1n) is 6.28. The van der Waals surface area contributed by atoms with E-state index in [0.29, 0.717) is 17.3 Å². The van der Waals surface area contributed by atoms with Crippen molar-refractivity contribution in [3.8, 4) is 0 Å². The van der Waals surface area contributed by atoms with Gasteiger partial charge in [0.1, 0.15) is 6.29 Å². The summed E-state index contributed by atoms with van der Waals surface area (Å²) in [7, 11) is 0. The third kappa shape index (κ3) is 0.971. The molecule has 4 rings (SSSR count). The number of rotatable bonds is 1. The van der Waals surface area contributed by atoms with Gasteiger partial charge in [-0.3, -0.25) is 0 Å². The van der Waals surface area contributed by atoms with Crippen LogP contribution in [-0.4, -0.2) is 6.29 Å². The van der Waals surface area contributed by atoms with Crippen LogP contribution in [0.4, 0.5) is 0 Å². The summed E-state index contributed by atoms with van der Waals surface area (Å²) in [6, 6.07) is 0. The minimum Gasteiger partial charge on any atom is -0.303 e. The van der Waals surface area contributed by atoms with Crippen LogP contribution in [0.2, 0.25) is 0 Å². The normalized spacial score (nSPS) is 56.8. The van der Waals surface area contributed by atoms with Crippen molar-refractivity contribution in [1.29, 1.82) is 0 Å². The van der Waals surface area contributed by atoms with Crippen molar-refractivity contribution in [3.05, 3.63) is 12.2 Å². The van der Waals surface area contributed by atoms with E-state index in [0.717, 1.165) is 5.92 Å². The van der Waals surface area contributed by atoms with Crippen molar-refractivity contribution in [3.63, 3.8) is 0 Å². The van der Waals surface area contributed by atoms with E-state index >= 15 is 0 Å². The molecule has 82 valence electrons.